The summed E-state index contributed by atoms with van der Waals surface area (Å²) in [6.07, 6.45) is 0.768. The van der Waals surface area contributed by atoms with Crippen molar-refractivity contribution in [2.24, 2.45) is 0 Å². The summed E-state index contributed by atoms with van der Waals surface area (Å²) in [6.45, 7) is -0.544. The maximum absolute atomic E-state index is 11.5. The fraction of sp³-hybridized carbons (Fsp3) is 0.750. The third-order valence-corrected chi connectivity index (χ3v) is 2.95. The molecule has 1 fully saturated rings. The lowest BCUT2D eigenvalue weighted by atomic mass is 9.97. The van der Waals surface area contributed by atoms with Crippen molar-refractivity contribution in [1.82, 2.24) is 5.32 Å². The van der Waals surface area contributed by atoms with E-state index in [0.717, 1.165) is 0 Å². The van der Waals surface area contributed by atoms with E-state index < -0.39 is 43.2 Å². The first-order valence-electron chi connectivity index (χ1n) is 6.04. The van der Waals surface area contributed by atoms with Gasteiger partial charge < -0.3 is 30.5 Å². The molecule has 108 valence electrons. The number of aliphatic hydroxyl groups is 4. The van der Waals surface area contributed by atoms with Gasteiger partial charge in [0.1, 0.15) is 24.4 Å². The number of unbranched alkanes of at least 4 members (excludes halogenated alkanes) is 1. The molecule has 1 aliphatic rings. The SMILES string of the molecule is C#CCCCC(=O)NC1C(O)[C@H](O)C(CO)O[C@H]1O. The monoisotopic (exact) mass is 273 g/mol. The van der Waals surface area contributed by atoms with Crippen LogP contribution in [0.1, 0.15) is 19.3 Å². The summed E-state index contributed by atoms with van der Waals surface area (Å²) in [5, 5.41) is 40.3. The van der Waals surface area contributed by atoms with E-state index in [4.69, 9.17) is 16.3 Å². The zero-order valence-corrected chi connectivity index (χ0v) is 10.4. The van der Waals surface area contributed by atoms with Crippen LogP contribution in [-0.2, 0) is 9.53 Å². The minimum Gasteiger partial charge on any atom is -0.394 e. The number of hydrogen-bond donors (Lipinski definition) is 5. The second kappa shape index (κ2) is 7.43. The minimum atomic E-state index is -1.49. The van der Waals surface area contributed by atoms with Crippen molar-refractivity contribution in [2.75, 3.05) is 6.61 Å². The molecule has 0 aromatic rings. The van der Waals surface area contributed by atoms with Crippen LogP contribution in [0.3, 0.4) is 0 Å². The molecule has 1 rings (SSSR count). The molecule has 19 heavy (non-hydrogen) atoms. The summed E-state index contributed by atoms with van der Waals surface area (Å²) in [5.74, 6) is 1.99. The molecule has 7 heteroatoms. The summed E-state index contributed by atoms with van der Waals surface area (Å²) in [4.78, 5) is 11.5. The van der Waals surface area contributed by atoms with Gasteiger partial charge in [0.25, 0.3) is 0 Å². The molecular weight excluding hydrogens is 254 g/mol. The zero-order chi connectivity index (χ0) is 14.4. The Morgan fingerprint density at radius 3 is 2.58 bits per heavy atom. The molecule has 0 bridgehead atoms. The zero-order valence-electron chi connectivity index (χ0n) is 10.4. The lowest BCUT2D eigenvalue weighted by Gasteiger charge is -2.40. The average Bonchev–Trinajstić information content (AvgIpc) is 2.39. The second-order valence-electron chi connectivity index (χ2n) is 4.38. The molecule has 1 heterocycles. The van der Waals surface area contributed by atoms with Gasteiger partial charge >= 0.3 is 0 Å². The van der Waals surface area contributed by atoms with Gasteiger partial charge in [-0.05, 0) is 6.42 Å². The highest BCUT2D eigenvalue weighted by Gasteiger charge is 2.44. The first-order chi connectivity index (χ1) is 9.01. The summed E-state index contributed by atoms with van der Waals surface area (Å²) < 4.78 is 4.91. The van der Waals surface area contributed by atoms with Crippen LogP contribution in [0, 0.1) is 12.3 Å². The van der Waals surface area contributed by atoms with Gasteiger partial charge in [-0.3, -0.25) is 4.79 Å². The first-order valence-corrected chi connectivity index (χ1v) is 6.04. The van der Waals surface area contributed by atoms with Gasteiger partial charge in [-0.1, -0.05) is 0 Å². The Morgan fingerprint density at radius 1 is 1.32 bits per heavy atom. The number of ether oxygens (including phenoxy) is 1. The van der Waals surface area contributed by atoms with E-state index in [-0.39, 0.29) is 6.42 Å². The average molecular weight is 273 g/mol. The first kappa shape index (κ1) is 15.9. The van der Waals surface area contributed by atoms with Gasteiger partial charge in [0.05, 0.1) is 6.61 Å². The molecule has 1 aliphatic heterocycles. The molecule has 5 N–H and O–H groups in total. The van der Waals surface area contributed by atoms with Crippen molar-refractivity contribution in [3.8, 4) is 12.3 Å². The number of amides is 1. The van der Waals surface area contributed by atoms with Crippen LogP contribution >= 0.6 is 0 Å². The molecule has 1 amide bonds. The van der Waals surface area contributed by atoms with E-state index in [0.29, 0.717) is 12.8 Å². The van der Waals surface area contributed by atoms with Gasteiger partial charge in [0.2, 0.25) is 5.91 Å². The molecular formula is C12H19NO6. The van der Waals surface area contributed by atoms with Gasteiger partial charge in [0.15, 0.2) is 6.29 Å². The number of rotatable bonds is 5. The van der Waals surface area contributed by atoms with Gasteiger partial charge in [-0.2, -0.15) is 0 Å². The Bertz CT molecular complexity index is 342. The fourth-order valence-corrected chi connectivity index (χ4v) is 1.86. The van der Waals surface area contributed by atoms with Crippen LogP contribution in [0.2, 0.25) is 0 Å². The van der Waals surface area contributed by atoms with E-state index >= 15 is 0 Å². The highest BCUT2D eigenvalue weighted by atomic mass is 16.6. The lowest BCUT2D eigenvalue weighted by Crippen LogP contribution is -2.64. The molecule has 0 aromatic carbocycles. The molecule has 5 atom stereocenters. The normalized spacial score (nSPS) is 34.6. The van der Waals surface area contributed by atoms with Crippen molar-refractivity contribution in [3.05, 3.63) is 0 Å². The van der Waals surface area contributed by atoms with Crippen LogP contribution in [-0.4, -0.2) is 63.6 Å². The Labute approximate surface area is 111 Å². The maximum Gasteiger partial charge on any atom is 0.220 e. The number of nitrogens with one attached hydrogen (secondary N) is 1. The minimum absolute atomic E-state index is 0.152. The molecule has 0 saturated carbocycles. The number of carbonyl (C=O) groups excluding carboxylic acids is 1. The molecule has 0 radical (unpaired) electrons. The van der Waals surface area contributed by atoms with E-state index in [9.17, 15) is 20.1 Å². The molecule has 7 nitrogen and oxygen atoms in total. The lowest BCUT2D eigenvalue weighted by molar-refractivity contribution is -0.253. The molecule has 1 saturated heterocycles. The number of aliphatic hydroxyl groups excluding tert-OH is 4. The van der Waals surface area contributed by atoms with Gasteiger partial charge in [-0.15, -0.1) is 12.3 Å². The van der Waals surface area contributed by atoms with Gasteiger partial charge in [0, 0.05) is 12.8 Å². The van der Waals surface area contributed by atoms with E-state index in [2.05, 4.69) is 11.2 Å². The van der Waals surface area contributed by atoms with Crippen molar-refractivity contribution >= 4 is 5.91 Å². The Hall–Kier alpha value is -1.17. The largest absolute Gasteiger partial charge is 0.394 e. The van der Waals surface area contributed by atoms with Crippen molar-refractivity contribution < 1.29 is 30.0 Å². The molecule has 0 aliphatic carbocycles. The van der Waals surface area contributed by atoms with Crippen LogP contribution in [0.4, 0.5) is 0 Å². The molecule has 0 aromatic heterocycles. The quantitative estimate of drug-likeness (QED) is 0.284. The summed E-state index contributed by atoms with van der Waals surface area (Å²) in [7, 11) is 0. The summed E-state index contributed by atoms with van der Waals surface area (Å²) in [6, 6.07) is -1.14. The van der Waals surface area contributed by atoms with Crippen LogP contribution in [0.25, 0.3) is 0 Å². The topological polar surface area (TPSA) is 119 Å². The van der Waals surface area contributed by atoms with Crippen molar-refractivity contribution in [3.63, 3.8) is 0 Å². The summed E-state index contributed by atoms with van der Waals surface area (Å²) in [5.41, 5.74) is 0. The predicted octanol–water partition coefficient (Wildman–Crippen LogP) is -2.29. The maximum atomic E-state index is 11.5. The van der Waals surface area contributed by atoms with E-state index in [1.54, 1.807) is 0 Å². The third-order valence-electron chi connectivity index (χ3n) is 2.95. The number of carbonyl (C=O) groups is 1. The Balaban J connectivity index is 2.53. The standard InChI is InChI=1S/C12H19NO6/c1-2-3-4-5-8(15)13-9-11(17)10(16)7(6-14)19-12(9)18/h1,7,9-12,14,16-18H,3-6H2,(H,13,15)/t7?,9?,10-,11?,12-/m1/s1. The van der Waals surface area contributed by atoms with Crippen LogP contribution in [0.15, 0.2) is 0 Å². The second-order valence-corrected chi connectivity index (χ2v) is 4.38. The predicted molar refractivity (Wildman–Crippen MR) is 64.6 cm³/mol. The molecule has 3 unspecified atom stereocenters. The van der Waals surface area contributed by atoms with E-state index in [1.807, 2.05) is 0 Å². The van der Waals surface area contributed by atoms with Crippen molar-refractivity contribution in [1.29, 1.82) is 0 Å². The fourth-order valence-electron chi connectivity index (χ4n) is 1.86. The van der Waals surface area contributed by atoms with Crippen molar-refractivity contribution in [2.45, 2.75) is 49.9 Å². The molecule has 0 spiro atoms. The Morgan fingerprint density at radius 2 is 2.00 bits per heavy atom. The Kier molecular flexibility index (Phi) is 6.21. The van der Waals surface area contributed by atoms with Crippen LogP contribution in [0.5, 0.6) is 0 Å². The summed E-state index contributed by atoms with van der Waals surface area (Å²) >= 11 is 0. The van der Waals surface area contributed by atoms with Gasteiger partial charge in [-0.25, -0.2) is 0 Å². The highest BCUT2D eigenvalue weighted by molar-refractivity contribution is 5.76. The number of hydrogen-bond acceptors (Lipinski definition) is 6. The smallest absolute Gasteiger partial charge is 0.220 e. The number of terminal acetylenes is 1. The third kappa shape index (κ3) is 4.16. The highest BCUT2D eigenvalue weighted by Crippen LogP contribution is 2.19. The van der Waals surface area contributed by atoms with Crippen LogP contribution < -0.4 is 5.32 Å². The van der Waals surface area contributed by atoms with E-state index in [1.165, 1.54) is 0 Å².